The van der Waals surface area contributed by atoms with E-state index in [1.165, 1.54) is 0 Å². The number of carbonyl (C=O) groups excluding carboxylic acids is 2. The molecule has 1 heterocycles. The second kappa shape index (κ2) is 7.00. The number of carbonyl (C=O) groups is 2. The van der Waals surface area contributed by atoms with Crippen LogP contribution in [0.4, 0.5) is 0 Å². The Balaban J connectivity index is 2.29. The Morgan fingerprint density at radius 2 is 2.00 bits per heavy atom. The molecule has 100 valence electrons. The SMILES string of the molecule is CC(C)CC(=O)NC1CCN(C(=O)CC#N)CC1. The lowest BCUT2D eigenvalue weighted by molar-refractivity contribution is -0.131. The number of nitrogens with zero attached hydrogens (tertiary/aromatic N) is 2. The minimum atomic E-state index is -0.107. The van der Waals surface area contributed by atoms with Gasteiger partial charge in [-0.1, -0.05) is 13.8 Å². The highest BCUT2D eigenvalue weighted by Gasteiger charge is 2.23. The van der Waals surface area contributed by atoms with Crippen LogP contribution >= 0.6 is 0 Å². The summed E-state index contributed by atoms with van der Waals surface area (Å²) in [5.74, 6) is 0.346. The number of amides is 2. The van der Waals surface area contributed by atoms with Crippen LogP contribution in [0.25, 0.3) is 0 Å². The summed E-state index contributed by atoms with van der Waals surface area (Å²) in [6.45, 7) is 5.30. The van der Waals surface area contributed by atoms with E-state index >= 15 is 0 Å². The van der Waals surface area contributed by atoms with E-state index in [-0.39, 0.29) is 24.3 Å². The van der Waals surface area contributed by atoms with E-state index in [9.17, 15) is 9.59 Å². The number of nitrogens with one attached hydrogen (secondary N) is 1. The van der Waals surface area contributed by atoms with E-state index < -0.39 is 0 Å². The second-order valence-corrected chi connectivity index (χ2v) is 5.16. The van der Waals surface area contributed by atoms with Gasteiger partial charge in [-0.05, 0) is 18.8 Å². The summed E-state index contributed by atoms with van der Waals surface area (Å²) >= 11 is 0. The molecule has 1 aliphatic rings. The number of likely N-dealkylation sites (tertiary alicyclic amines) is 1. The molecular weight excluding hydrogens is 230 g/mol. The van der Waals surface area contributed by atoms with Gasteiger partial charge in [0.25, 0.3) is 0 Å². The highest BCUT2D eigenvalue weighted by atomic mass is 16.2. The van der Waals surface area contributed by atoms with Crippen molar-refractivity contribution in [3.8, 4) is 6.07 Å². The maximum absolute atomic E-state index is 11.6. The van der Waals surface area contributed by atoms with Crippen LogP contribution in [-0.4, -0.2) is 35.8 Å². The number of rotatable bonds is 4. The predicted molar refractivity (Wildman–Crippen MR) is 67.4 cm³/mol. The molecule has 5 heteroatoms. The molecule has 18 heavy (non-hydrogen) atoms. The molecule has 1 saturated heterocycles. The molecule has 5 nitrogen and oxygen atoms in total. The minimum absolute atomic E-state index is 0.0512. The highest BCUT2D eigenvalue weighted by molar-refractivity contribution is 5.78. The Kier molecular flexibility index (Phi) is 5.63. The molecule has 0 aromatic heterocycles. The molecule has 0 bridgehead atoms. The predicted octanol–water partition coefficient (Wildman–Crippen LogP) is 1.05. The first kappa shape index (κ1) is 14.5. The zero-order chi connectivity index (χ0) is 13.5. The molecule has 2 amide bonds. The third kappa shape index (κ3) is 4.74. The van der Waals surface area contributed by atoms with Crippen molar-refractivity contribution in [2.75, 3.05) is 13.1 Å². The zero-order valence-electron chi connectivity index (χ0n) is 11.1. The first-order chi connectivity index (χ1) is 8.52. The third-order valence-electron chi connectivity index (χ3n) is 3.04. The average Bonchev–Trinajstić information content (AvgIpc) is 2.29. The Labute approximate surface area is 108 Å². The van der Waals surface area contributed by atoms with Crippen molar-refractivity contribution in [2.24, 2.45) is 5.92 Å². The van der Waals surface area contributed by atoms with Crippen LogP contribution in [0, 0.1) is 17.2 Å². The van der Waals surface area contributed by atoms with Crippen LogP contribution in [0.1, 0.15) is 39.5 Å². The van der Waals surface area contributed by atoms with E-state index in [1.807, 2.05) is 19.9 Å². The first-order valence-corrected chi connectivity index (χ1v) is 6.47. The summed E-state index contributed by atoms with van der Waals surface area (Å²) in [6.07, 6.45) is 2.06. The molecule has 0 aromatic carbocycles. The van der Waals surface area contributed by atoms with Crippen LogP contribution in [-0.2, 0) is 9.59 Å². The molecule has 0 aromatic rings. The monoisotopic (exact) mass is 251 g/mol. The molecule has 0 spiro atoms. The smallest absolute Gasteiger partial charge is 0.236 e. The number of piperidine rings is 1. The lowest BCUT2D eigenvalue weighted by Crippen LogP contribution is -2.46. The molecule has 0 atom stereocenters. The van der Waals surface area contributed by atoms with Gasteiger partial charge in [-0.25, -0.2) is 0 Å². The van der Waals surface area contributed by atoms with Gasteiger partial charge in [0.1, 0.15) is 6.42 Å². The van der Waals surface area contributed by atoms with Gasteiger partial charge in [-0.15, -0.1) is 0 Å². The maximum Gasteiger partial charge on any atom is 0.236 e. The average molecular weight is 251 g/mol. The fourth-order valence-electron chi connectivity index (χ4n) is 2.11. The van der Waals surface area contributed by atoms with Crippen molar-refractivity contribution in [1.82, 2.24) is 10.2 Å². The molecular formula is C13H21N3O2. The van der Waals surface area contributed by atoms with E-state index in [4.69, 9.17) is 5.26 Å². The van der Waals surface area contributed by atoms with Crippen LogP contribution in [0.3, 0.4) is 0 Å². The van der Waals surface area contributed by atoms with Crippen molar-refractivity contribution in [3.63, 3.8) is 0 Å². The summed E-state index contributed by atoms with van der Waals surface area (Å²) in [7, 11) is 0. The normalized spacial score (nSPS) is 16.4. The van der Waals surface area contributed by atoms with Gasteiger partial charge in [0, 0.05) is 25.6 Å². The number of hydrogen-bond acceptors (Lipinski definition) is 3. The lowest BCUT2D eigenvalue weighted by atomic mass is 10.0. The minimum Gasteiger partial charge on any atom is -0.353 e. The standard InChI is InChI=1S/C13H21N3O2/c1-10(2)9-12(17)15-11-4-7-16(8-5-11)13(18)3-6-14/h10-11H,3-5,7-9H2,1-2H3,(H,15,17). The van der Waals surface area contributed by atoms with E-state index in [0.29, 0.717) is 25.4 Å². The Morgan fingerprint density at radius 1 is 1.39 bits per heavy atom. The van der Waals surface area contributed by atoms with Crippen molar-refractivity contribution < 1.29 is 9.59 Å². The maximum atomic E-state index is 11.6. The van der Waals surface area contributed by atoms with Gasteiger partial charge in [0.05, 0.1) is 6.07 Å². The summed E-state index contributed by atoms with van der Waals surface area (Å²) in [5, 5.41) is 11.5. The first-order valence-electron chi connectivity index (χ1n) is 6.47. The molecule has 0 saturated carbocycles. The Bertz CT molecular complexity index is 339. The van der Waals surface area contributed by atoms with Crippen LogP contribution in [0.15, 0.2) is 0 Å². The summed E-state index contributed by atoms with van der Waals surface area (Å²) in [6, 6.07) is 2.04. The van der Waals surface area contributed by atoms with Gasteiger partial charge in [-0.2, -0.15) is 5.26 Å². The van der Waals surface area contributed by atoms with Gasteiger partial charge in [-0.3, -0.25) is 9.59 Å². The molecule has 1 aliphatic heterocycles. The lowest BCUT2D eigenvalue weighted by Gasteiger charge is -2.32. The molecule has 0 unspecified atom stereocenters. The molecule has 0 radical (unpaired) electrons. The van der Waals surface area contributed by atoms with Crippen LogP contribution < -0.4 is 5.32 Å². The second-order valence-electron chi connectivity index (χ2n) is 5.16. The fourth-order valence-corrected chi connectivity index (χ4v) is 2.11. The molecule has 1 N–H and O–H groups in total. The highest BCUT2D eigenvalue weighted by Crippen LogP contribution is 2.12. The van der Waals surface area contributed by atoms with E-state index in [2.05, 4.69) is 5.32 Å². The fraction of sp³-hybridized carbons (Fsp3) is 0.769. The van der Waals surface area contributed by atoms with Gasteiger partial charge < -0.3 is 10.2 Å². The molecule has 1 rings (SSSR count). The summed E-state index contributed by atoms with van der Waals surface area (Å²) < 4.78 is 0. The topological polar surface area (TPSA) is 73.2 Å². The van der Waals surface area contributed by atoms with Gasteiger partial charge in [0.15, 0.2) is 0 Å². The van der Waals surface area contributed by atoms with Crippen molar-refractivity contribution in [1.29, 1.82) is 5.26 Å². The number of hydrogen-bond donors (Lipinski definition) is 1. The molecule has 0 aliphatic carbocycles. The largest absolute Gasteiger partial charge is 0.353 e. The van der Waals surface area contributed by atoms with Crippen LogP contribution in [0.5, 0.6) is 0 Å². The van der Waals surface area contributed by atoms with Crippen molar-refractivity contribution in [3.05, 3.63) is 0 Å². The quantitative estimate of drug-likeness (QED) is 0.811. The summed E-state index contributed by atoms with van der Waals surface area (Å²) in [4.78, 5) is 24.8. The van der Waals surface area contributed by atoms with E-state index in [0.717, 1.165) is 12.8 Å². The van der Waals surface area contributed by atoms with Gasteiger partial charge >= 0.3 is 0 Å². The third-order valence-corrected chi connectivity index (χ3v) is 3.04. The molecule has 1 fully saturated rings. The Morgan fingerprint density at radius 3 is 2.50 bits per heavy atom. The van der Waals surface area contributed by atoms with Crippen molar-refractivity contribution >= 4 is 11.8 Å². The van der Waals surface area contributed by atoms with E-state index in [1.54, 1.807) is 4.90 Å². The Hall–Kier alpha value is -1.57. The summed E-state index contributed by atoms with van der Waals surface area (Å²) in [5.41, 5.74) is 0. The number of nitriles is 1. The van der Waals surface area contributed by atoms with Crippen LogP contribution in [0.2, 0.25) is 0 Å². The zero-order valence-corrected chi connectivity index (χ0v) is 11.1. The van der Waals surface area contributed by atoms with Gasteiger partial charge in [0.2, 0.25) is 11.8 Å². The van der Waals surface area contributed by atoms with Crippen molar-refractivity contribution in [2.45, 2.75) is 45.6 Å².